The number of thiophene rings is 2. The van der Waals surface area contributed by atoms with Gasteiger partial charge in [0.1, 0.15) is 14.0 Å². The third-order valence-electron chi connectivity index (χ3n) is 11.8. The second kappa shape index (κ2) is 23.7. The maximum Gasteiger partial charge on any atom is 0.322 e. The molecule has 2 aromatic heterocycles. The van der Waals surface area contributed by atoms with E-state index >= 15 is 0 Å². The highest BCUT2D eigenvalue weighted by Crippen LogP contribution is 2.29. The summed E-state index contributed by atoms with van der Waals surface area (Å²) in [7, 11) is -7.82. The van der Waals surface area contributed by atoms with Crippen LogP contribution in [-0.2, 0) is 37.5 Å². The summed E-state index contributed by atoms with van der Waals surface area (Å²) in [5.74, 6) is -1.18. The van der Waals surface area contributed by atoms with E-state index in [0.29, 0.717) is 44.7 Å². The molecule has 2 aliphatic heterocycles. The smallest absolute Gasteiger partial charge is 0.322 e. The van der Waals surface area contributed by atoms with Gasteiger partial charge in [-0.3, -0.25) is 29.3 Å². The second-order valence-corrected chi connectivity index (χ2v) is 23.7. The Hall–Kier alpha value is -6.60. The molecule has 9 rings (SSSR count). The average Bonchev–Trinajstić information content (AvgIpc) is 4.12. The van der Waals surface area contributed by atoms with E-state index in [4.69, 9.17) is 27.5 Å². The molecule has 74 heavy (non-hydrogen) atoms. The van der Waals surface area contributed by atoms with Crippen molar-refractivity contribution in [3.05, 3.63) is 192 Å². The van der Waals surface area contributed by atoms with Gasteiger partial charge in [-0.15, -0.1) is 22.7 Å². The SMILES string of the molecule is O=C(NCc1ccc(S(=O)(=O)N2CCN(C(=O)c3cccc4ccccc34)CC2)s1)c1ccc(Cl)cc1.O=C(NCc1ccc(S(=O)(=O)ON2CCN(C(=O)c3ccccc3[N+](=O)[O-])CC2)s1)c1ccc(Cl)cc1. The fraction of sp³-hybridized carbons (Fsp3) is 0.200. The number of piperazine rings is 2. The minimum absolute atomic E-state index is 0.0243. The zero-order valence-electron chi connectivity index (χ0n) is 39.0. The molecule has 24 heteroatoms. The van der Waals surface area contributed by atoms with Gasteiger partial charge in [-0.05, 0) is 95.7 Å². The van der Waals surface area contributed by atoms with Gasteiger partial charge < -0.3 is 20.4 Å². The Labute approximate surface area is 443 Å². The van der Waals surface area contributed by atoms with Gasteiger partial charge in [0.15, 0.2) is 0 Å². The number of amides is 4. The van der Waals surface area contributed by atoms with Crippen molar-refractivity contribution in [2.24, 2.45) is 0 Å². The lowest BCUT2D eigenvalue weighted by Gasteiger charge is -2.34. The minimum Gasteiger partial charge on any atom is -0.347 e. The molecule has 0 atom stereocenters. The number of hydroxylamine groups is 2. The molecular weight excluding hydrogens is 1070 g/mol. The van der Waals surface area contributed by atoms with E-state index in [-0.39, 0.29) is 89.7 Å². The molecular formula is C50H45Cl2N7O11S4. The number of hydrogen-bond donors (Lipinski definition) is 2. The van der Waals surface area contributed by atoms with Crippen molar-refractivity contribution in [1.29, 1.82) is 0 Å². The Bertz CT molecular complexity index is 3430. The number of carbonyl (C=O) groups is 4. The van der Waals surface area contributed by atoms with Gasteiger partial charge in [0, 0.05) is 94.9 Å². The summed E-state index contributed by atoms with van der Waals surface area (Å²) >= 11 is 13.8. The van der Waals surface area contributed by atoms with Crippen molar-refractivity contribution in [3.63, 3.8) is 0 Å². The number of sulfonamides is 1. The Morgan fingerprint density at radius 1 is 0.568 bits per heavy atom. The lowest BCUT2D eigenvalue weighted by molar-refractivity contribution is -0.385. The molecule has 4 amide bonds. The van der Waals surface area contributed by atoms with E-state index in [1.165, 1.54) is 38.5 Å². The van der Waals surface area contributed by atoms with Gasteiger partial charge in [0.25, 0.3) is 39.3 Å². The molecule has 2 saturated heterocycles. The summed E-state index contributed by atoms with van der Waals surface area (Å²) in [5, 5.41) is 20.9. The number of para-hydroxylation sites is 1. The molecule has 7 aromatic rings. The molecule has 2 aliphatic rings. The molecule has 0 radical (unpaired) electrons. The number of carbonyl (C=O) groups excluding carboxylic acids is 4. The van der Waals surface area contributed by atoms with Crippen molar-refractivity contribution >= 4 is 106 Å². The number of hydrogen-bond acceptors (Lipinski definition) is 14. The summed E-state index contributed by atoms with van der Waals surface area (Å²) in [6.07, 6.45) is 0. The first-order valence-corrected chi connectivity index (χ1v) is 27.9. The molecule has 0 spiro atoms. The number of nitro groups is 1. The number of fused-ring (bicyclic) bond motifs is 1. The lowest BCUT2D eigenvalue weighted by Crippen LogP contribution is -2.50. The average molecular weight is 1120 g/mol. The maximum absolute atomic E-state index is 13.2. The van der Waals surface area contributed by atoms with E-state index in [2.05, 4.69) is 10.6 Å². The predicted octanol–water partition coefficient (Wildman–Crippen LogP) is 7.95. The van der Waals surface area contributed by atoms with Crippen molar-refractivity contribution in [1.82, 2.24) is 29.8 Å². The van der Waals surface area contributed by atoms with E-state index in [1.807, 2.05) is 42.5 Å². The zero-order valence-corrected chi connectivity index (χ0v) is 43.7. The molecule has 0 bridgehead atoms. The van der Waals surface area contributed by atoms with Gasteiger partial charge in [0.2, 0.25) is 0 Å². The van der Waals surface area contributed by atoms with Crippen LogP contribution >= 0.6 is 45.9 Å². The van der Waals surface area contributed by atoms with Crippen LogP contribution in [0.15, 0.2) is 148 Å². The van der Waals surface area contributed by atoms with Gasteiger partial charge >= 0.3 is 10.1 Å². The number of nitro benzene ring substituents is 1. The van der Waals surface area contributed by atoms with Crippen molar-refractivity contribution in [3.8, 4) is 0 Å². The standard InChI is InChI=1S/C27H24ClN3O4S2.C23H21ClN4O7S2/c28-21-10-8-20(9-11-21)26(32)29-18-22-12-13-25(36-22)37(34,35)31-16-14-30(15-17-31)27(33)24-7-3-5-19-4-1-2-6-23(19)24;24-17-7-5-16(6-8-17)22(29)25-15-18-9-10-21(36-18)37(33,34)35-27-13-11-26(12-14-27)23(30)19-3-1-2-4-20(19)28(31)32/h1-13H,14-18H2,(H,29,32);1-10H,11-15H2,(H,25,29). The monoisotopic (exact) mass is 1120 g/mol. The van der Waals surface area contributed by atoms with E-state index in [9.17, 15) is 46.1 Å². The highest BCUT2D eigenvalue weighted by atomic mass is 35.5. The summed E-state index contributed by atoms with van der Waals surface area (Å²) in [6, 6.07) is 38.2. The lowest BCUT2D eigenvalue weighted by atomic mass is 10.0. The van der Waals surface area contributed by atoms with Gasteiger partial charge in [0.05, 0.1) is 18.0 Å². The molecule has 2 N–H and O–H groups in total. The van der Waals surface area contributed by atoms with E-state index in [0.717, 1.165) is 38.3 Å². The first-order chi connectivity index (χ1) is 35.5. The van der Waals surface area contributed by atoms with Crippen LogP contribution in [0.5, 0.6) is 0 Å². The van der Waals surface area contributed by atoms with Crippen LogP contribution in [0.25, 0.3) is 10.8 Å². The van der Waals surface area contributed by atoms with Gasteiger partial charge in [-0.1, -0.05) is 71.7 Å². The molecule has 4 heterocycles. The van der Waals surface area contributed by atoms with E-state index < -0.39 is 31.0 Å². The third kappa shape index (κ3) is 13.0. The maximum atomic E-state index is 13.2. The van der Waals surface area contributed by atoms with Gasteiger partial charge in [-0.2, -0.15) is 22.1 Å². The highest BCUT2D eigenvalue weighted by Gasteiger charge is 2.33. The number of nitrogens with one attached hydrogen (secondary N) is 2. The fourth-order valence-electron chi connectivity index (χ4n) is 7.89. The molecule has 5 aromatic carbocycles. The summed E-state index contributed by atoms with van der Waals surface area (Å²) in [6.45, 7) is 1.89. The first kappa shape index (κ1) is 53.7. The molecule has 0 aliphatic carbocycles. The van der Waals surface area contributed by atoms with Crippen LogP contribution in [-0.4, -0.2) is 117 Å². The topological polar surface area (TPSA) is 226 Å². The van der Waals surface area contributed by atoms with Crippen molar-refractivity contribution in [2.45, 2.75) is 21.5 Å². The molecule has 2 fully saturated rings. The van der Waals surface area contributed by atoms with Crippen molar-refractivity contribution < 1.29 is 45.2 Å². The number of halogens is 2. The molecule has 384 valence electrons. The van der Waals surface area contributed by atoms with Gasteiger partial charge in [-0.25, -0.2) is 8.42 Å². The minimum atomic E-state index is -4.12. The number of benzene rings is 5. The number of rotatable bonds is 14. The normalized spacial score (nSPS) is 14.5. The second-order valence-electron chi connectivity index (χ2n) is 16.6. The van der Waals surface area contributed by atoms with Crippen LogP contribution in [0.1, 0.15) is 51.2 Å². The quantitative estimate of drug-likeness (QED) is 0.0782. The van der Waals surface area contributed by atoms with Crippen molar-refractivity contribution in [2.75, 3.05) is 52.4 Å². The first-order valence-electron chi connectivity index (χ1n) is 22.7. The largest absolute Gasteiger partial charge is 0.347 e. The van der Waals surface area contributed by atoms with Crippen LogP contribution in [0.4, 0.5) is 5.69 Å². The van der Waals surface area contributed by atoms with Crippen LogP contribution < -0.4 is 10.6 Å². The predicted molar refractivity (Wildman–Crippen MR) is 281 cm³/mol. The zero-order chi connectivity index (χ0) is 52.6. The molecule has 0 saturated carbocycles. The van der Waals surface area contributed by atoms with Crippen LogP contribution in [0.2, 0.25) is 10.0 Å². The molecule has 0 unspecified atom stereocenters. The van der Waals surface area contributed by atoms with Crippen LogP contribution in [0, 0.1) is 10.1 Å². The highest BCUT2D eigenvalue weighted by molar-refractivity contribution is 7.91. The number of nitrogens with zero attached hydrogens (tertiary/aromatic N) is 5. The summed E-state index contributed by atoms with van der Waals surface area (Å²) in [4.78, 5) is 65.6. The fourth-order valence-corrected chi connectivity index (χ4v) is 13.2. The molecule has 18 nitrogen and oxygen atoms in total. The summed E-state index contributed by atoms with van der Waals surface area (Å²) < 4.78 is 58.9. The third-order valence-corrected chi connectivity index (χ3v) is 18.5. The summed E-state index contributed by atoms with van der Waals surface area (Å²) in [5.41, 5.74) is 1.22. The Morgan fingerprint density at radius 3 is 1.62 bits per heavy atom. The Morgan fingerprint density at radius 2 is 1.04 bits per heavy atom. The Balaban J connectivity index is 0.000000197. The van der Waals surface area contributed by atoms with E-state index in [1.54, 1.807) is 77.7 Å². The Kier molecular flexibility index (Phi) is 17.2. The van der Waals surface area contributed by atoms with Crippen LogP contribution in [0.3, 0.4) is 0 Å².